The van der Waals surface area contributed by atoms with E-state index in [9.17, 15) is 18.0 Å². The lowest BCUT2D eigenvalue weighted by Crippen LogP contribution is -2.11. The number of pyridine rings is 2. The lowest BCUT2D eigenvalue weighted by molar-refractivity contribution is -0.137. The number of anilines is 1. The van der Waals surface area contributed by atoms with Gasteiger partial charge >= 0.3 is 11.9 Å². The van der Waals surface area contributed by atoms with E-state index in [0.717, 1.165) is 25.0 Å². The average Bonchev–Trinajstić information content (AvgIpc) is 3.12. The summed E-state index contributed by atoms with van der Waals surface area (Å²) in [4.78, 5) is 16.1. The van der Waals surface area contributed by atoms with Crippen molar-refractivity contribution >= 4 is 11.3 Å². The topological polar surface area (TPSA) is 75.1 Å². The molecule has 1 aromatic carbocycles. The summed E-state index contributed by atoms with van der Waals surface area (Å²) in [5.74, 6) is 0. The maximum Gasteiger partial charge on any atom is 0.416 e. The Hall–Kier alpha value is -3.62. The highest BCUT2D eigenvalue weighted by Crippen LogP contribution is 2.31. The highest BCUT2D eigenvalue weighted by molar-refractivity contribution is 5.76. The van der Waals surface area contributed by atoms with Crippen LogP contribution in [0, 0.1) is 0 Å². The van der Waals surface area contributed by atoms with Crippen molar-refractivity contribution in [1.29, 1.82) is 0 Å². The number of hydrogen-bond donors (Lipinski definition) is 2. The highest BCUT2D eigenvalue weighted by Gasteiger charge is 2.30. The quantitative estimate of drug-likeness (QED) is 0.466. The lowest BCUT2D eigenvalue weighted by Gasteiger charge is -2.11. The van der Waals surface area contributed by atoms with Gasteiger partial charge in [-0.2, -0.15) is 18.3 Å². The fourth-order valence-electron chi connectivity index (χ4n) is 3.22. The minimum atomic E-state index is -4.40. The maximum absolute atomic E-state index is 12.8. The molecular weight excluding hydrogens is 395 g/mol. The van der Waals surface area contributed by atoms with Crippen LogP contribution in [0.25, 0.3) is 16.8 Å². The Morgan fingerprint density at radius 3 is 2.47 bits per heavy atom. The van der Waals surface area contributed by atoms with Crippen LogP contribution in [0.2, 0.25) is 0 Å². The number of aromatic nitrogens is 4. The summed E-state index contributed by atoms with van der Waals surface area (Å²) in [5, 5.41) is 9.72. The average molecular weight is 413 g/mol. The van der Waals surface area contributed by atoms with E-state index in [2.05, 4.69) is 20.5 Å². The number of halogens is 3. The van der Waals surface area contributed by atoms with Crippen LogP contribution in [-0.4, -0.2) is 26.1 Å². The van der Waals surface area contributed by atoms with Gasteiger partial charge in [0.25, 0.3) is 0 Å². The SMILES string of the molecule is O=c1[nH]nc2c(NCCCc3ccncc3)cc(-c3ccc(C(F)(F)F)cc3)cn12. The van der Waals surface area contributed by atoms with E-state index in [4.69, 9.17) is 0 Å². The van der Waals surface area contributed by atoms with Crippen LogP contribution >= 0.6 is 0 Å². The maximum atomic E-state index is 12.8. The minimum Gasteiger partial charge on any atom is -0.382 e. The van der Waals surface area contributed by atoms with Gasteiger partial charge in [-0.15, -0.1) is 0 Å². The van der Waals surface area contributed by atoms with E-state index in [1.54, 1.807) is 24.7 Å². The molecule has 0 unspecified atom stereocenters. The molecule has 0 fully saturated rings. The van der Waals surface area contributed by atoms with E-state index >= 15 is 0 Å². The Balaban J connectivity index is 1.57. The number of hydrogen-bond acceptors (Lipinski definition) is 4. The molecule has 30 heavy (non-hydrogen) atoms. The Morgan fingerprint density at radius 1 is 1.03 bits per heavy atom. The monoisotopic (exact) mass is 413 g/mol. The van der Waals surface area contributed by atoms with Gasteiger partial charge in [0.05, 0.1) is 11.3 Å². The first kappa shape index (κ1) is 19.7. The number of nitrogens with one attached hydrogen (secondary N) is 2. The van der Waals surface area contributed by atoms with Crippen molar-refractivity contribution < 1.29 is 13.2 Å². The Labute approximate surface area is 169 Å². The molecule has 0 atom stereocenters. The highest BCUT2D eigenvalue weighted by atomic mass is 19.4. The summed E-state index contributed by atoms with van der Waals surface area (Å²) < 4.78 is 39.8. The van der Waals surface area contributed by atoms with Gasteiger partial charge in [0.2, 0.25) is 0 Å². The first-order valence-corrected chi connectivity index (χ1v) is 9.33. The molecule has 2 N–H and O–H groups in total. The predicted molar refractivity (Wildman–Crippen MR) is 107 cm³/mol. The fraction of sp³-hybridized carbons (Fsp3) is 0.190. The van der Waals surface area contributed by atoms with E-state index in [0.29, 0.717) is 29.0 Å². The number of benzene rings is 1. The smallest absolute Gasteiger partial charge is 0.382 e. The van der Waals surface area contributed by atoms with Crippen molar-refractivity contribution in [2.75, 3.05) is 11.9 Å². The number of aryl methyl sites for hydroxylation is 1. The summed E-state index contributed by atoms with van der Waals surface area (Å²) in [7, 11) is 0. The van der Waals surface area contributed by atoms with Gasteiger partial charge in [0, 0.05) is 30.7 Å². The third-order valence-corrected chi connectivity index (χ3v) is 4.77. The second-order valence-electron chi connectivity index (χ2n) is 6.83. The van der Waals surface area contributed by atoms with Crippen molar-refractivity contribution in [3.05, 3.63) is 82.7 Å². The van der Waals surface area contributed by atoms with Gasteiger partial charge in [-0.05, 0) is 54.3 Å². The van der Waals surface area contributed by atoms with Crippen LogP contribution in [0.1, 0.15) is 17.5 Å². The number of aromatic amines is 1. The fourth-order valence-corrected chi connectivity index (χ4v) is 3.22. The minimum absolute atomic E-state index is 0.418. The molecule has 0 aliphatic rings. The van der Waals surface area contributed by atoms with Gasteiger partial charge in [-0.25, -0.2) is 14.3 Å². The number of nitrogens with zero attached hydrogens (tertiary/aromatic N) is 3. The van der Waals surface area contributed by atoms with Crippen molar-refractivity contribution in [1.82, 2.24) is 19.6 Å². The summed E-state index contributed by atoms with van der Waals surface area (Å²) in [6.45, 7) is 0.634. The molecule has 0 spiro atoms. The number of H-pyrrole nitrogens is 1. The predicted octanol–water partition coefficient (Wildman–Crippen LogP) is 4.15. The molecule has 3 heterocycles. The molecular formula is C21H18F3N5O. The van der Waals surface area contributed by atoms with Gasteiger partial charge in [-0.1, -0.05) is 12.1 Å². The molecule has 4 rings (SSSR count). The second-order valence-corrected chi connectivity index (χ2v) is 6.83. The largest absolute Gasteiger partial charge is 0.416 e. The first-order valence-electron chi connectivity index (χ1n) is 9.33. The van der Waals surface area contributed by atoms with Gasteiger partial charge in [-0.3, -0.25) is 4.98 Å². The van der Waals surface area contributed by atoms with Crippen LogP contribution in [-0.2, 0) is 12.6 Å². The van der Waals surface area contributed by atoms with E-state index < -0.39 is 17.4 Å². The summed E-state index contributed by atoms with van der Waals surface area (Å²) in [6, 6.07) is 10.5. The molecule has 0 saturated carbocycles. The van der Waals surface area contributed by atoms with Crippen LogP contribution in [0.5, 0.6) is 0 Å². The Bertz CT molecular complexity index is 1200. The zero-order chi connectivity index (χ0) is 21.1. The van der Waals surface area contributed by atoms with Crippen LogP contribution < -0.4 is 11.0 Å². The van der Waals surface area contributed by atoms with Gasteiger partial charge in [0.15, 0.2) is 5.65 Å². The third kappa shape index (κ3) is 4.19. The van der Waals surface area contributed by atoms with Crippen LogP contribution in [0.4, 0.5) is 18.9 Å². The summed E-state index contributed by atoms with van der Waals surface area (Å²) in [6.07, 6.45) is 2.36. The molecule has 154 valence electrons. The van der Waals surface area contributed by atoms with Crippen molar-refractivity contribution in [3.8, 4) is 11.1 Å². The zero-order valence-corrected chi connectivity index (χ0v) is 15.8. The summed E-state index contributed by atoms with van der Waals surface area (Å²) >= 11 is 0. The van der Waals surface area contributed by atoms with Gasteiger partial charge < -0.3 is 5.32 Å². The van der Waals surface area contributed by atoms with Crippen LogP contribution in [0.15, 0.2) is 65.8 Å². The third-order valence-electron chi connectivity index (χ3n) is 4.77. The molecule has 0 saturated heterocycles. The first-order chi connectivity index (χ1) is 14.4. The van der Waals surface area contributed by atoms with Crippen LogP contribution in [0.3, 0.4) is 0 Å². The lowest BCUT2D eigenvalue weighted by atomic mass is 10.0. The van der Waals surface area contributed by atoms with E-state index in [1.165, 1.54) is 22.1 Å². The molecule has 0 amide bonds. The molecule has 0 aliphatic heterocycles. The van der Waals surface area contributed by atoms with Crippen molar-refractivity contribution in [2.45, 2.75) is 19.0 Å². The molecule has 9 heteroatoms. The number of rotatable bonds is 6. The zero-order valence-electron chi connectivity index (χ0n) is 15.8. The van der Waals surface area contributed by atoms with E-state index in [1.807, 2.05) is 12.1 Å². The molecule has 6 nitrogen and oxygen atoms in total. The normalized spacial score (nSPS) is 11.7. The van der Waals surface area contributed by atoms with Crippen molar-refractivity contribution in [2.24, 2.45) is 0 Å². The Morgan fingerprint density at radius 2 is 1.77 bits per heavy atom. The molecule has 0 aliphatic carbocycles. The van der Waals surface area contributed by atoms with Gasteiger partial charge in [0.1, 0.15) is 0 Å². The second kappa shape index (κ2) is 8.02. The summed E-state index contributed by atoms with van der Waals surface area (Å²) in [5.41, 5.74) is 2.27. The molecule has 0 radical (unpaired) electrons. The van der Waals surface area contributed by atoms with E-state index in [-0.39, 0.29) is 0 Å². The Kier molecular flexibility index (Phi) is 5.26. The molecule has 3 aromatic heterocycles. The molecule has 0 bridgehead atoms. The number of fused-ring (bicyclic) bond motifs is 1. The number of alkyl halides is 3. The van der Waals surface area contributed by atoms with Crippen molar-refractivity contribution in [3.63, 3.8) is 0 Å². The standard InChI is InChI=1S/C21H18F3N5O/c22-21(23,24)17-5-3-15(4-6-17)16-12-18(19-27-28-20(30)29(19)13-16)26-9-1-2-14-7-10-25-11-8-14/h3-8,10-13,26H,1-2,9H2,(H,28,30). The molecule has 4 aromatic rings.